The predicted octanol–water partition coefficient (Wildman–Crippen LogP) is 7.30. The number of para-hydroxylation sites is 1. The Kier molecular flexibility index (Phi) is 4.45. The molecule has 1 aliphatic heterocycles. The second-order valence-corrected chi connectivity index (χ2v) is 10.4. The lowest BCUT2D eigenvalue weighted by Crippen LogP contribution is -2.80. The largest absolute Gasteiger partial charge is 0.394 e. The van der Waals surface area contributed by atoms with Crippen LogP contribution in [-0.2, 0) is 6.42 Å². The SMILES string of the molecule is C/C=C/c1cc(F)c([C@H]2c3[nH]c4ccccc4c3C[C@H](C)N2C23CC(C(F)(F)F)(C2)C3)c(F)c1. The Morgan fingerprint density at radius 1 is 1.06 bits per heavy atom. The van der Waals surface area contributed by atoms with Crippen molar-refractivity contribution in [1.82, 2.24) is 9.88 Å². The van der Waals surface area contributed by atoms with Crippen LogP contribution < -0.4 is 0 Å². The van der Waals surface area contributed by atoms with Crippen LogP contribution in [0.3, 0.4) is 0 Å². The molecule has 2 atom stereocenters. The molecule has 3 fully saturated rings. The Hall–Kier alpha value is -2.67. The van der Waals surface area contributed by atoms with Crippen molar-refractivity contribution in [2.24, 2.45) is 5.41 Å². The average Bonchev–Trinajstić information content (AvgIpc) is 3.04. The number of alkyl halides is 3. The summed E-state index contributed by atoms with van der Waals surface area (Å²) in [7, 11) is 0. The van der Waals surface area contributed by atoms with Gasteiger partial charge in [-0.1, -0.05) is 30.4 Å². The van der Waals surface area contributed by atoms with Gasteiger partial charge in [0.05, 0.1) is 11.5 Å². The first-order valence-electron chi connectivity index (χ1n) is 11.7. The van der Waals surface area contributed by atoms with Crippen LogP contribution in [0.1, 0.15) is 61.5 Å². The fourth-order valence-corrected chi connectivity index (χ4v) is 6.95. The number of H-pyrrole nitrogens is 1. The standard InChI is InChI=1S/C27H25F5N2/c1-3-6-16-10-19(28)22(20(29)11-16)24-23-18(17-7-4-5-8-21(17)33-23)9-15(2)34(24)26-12-25(13-26,14-26)27(30,31)32/h3-8,10-11,15,24,33H,9,12-14H2,1-2H3/b6-3+/t15-,24-,25?,26?/m0/s1. The van der Waals surface area contributed by atoms with Gasteiger partial charge >= 0.3 is 6.18 Å². The summed E-state index contributed by atoms with van der Waals surface area (Å²) in [6.07, 6.45) is -0.354. The molecule has 0 radical (unpaired) electrons. The van der Waals surface area contributed by atoms with Gasteiger partial charge in [-0.2, -0.15) is 13.2 Å². The Balaban J connectivity index is 1.53. The molecule has 3 aromatic rings. The highest BCUT2D eigenvalue weighted by Crippen LogP contribution is 2.77. The molecular weight excluding hydrogens is 447 g/mol. The smallest absolute Gasteiger partial charge is 0.357 e. The number of hydrogen-bond donors (Lipinski definition) is 1. The number of aromatic amines is 1. The summed E-state index contributed by atoms with van der Waals surface area (Å²) in [5, 5.41) is 0.990. The molecule has 0 amide bonds. The van der Waals surface area contributed by atoms with Gasteiger partial charge in [0.25, 0.3) is 0 Å². The van der Waals surface area contributed by atoms with Gasteiger partial charge in [-0.15, -0.1) is 0 Å². The van der Waals surface area contributed by atoms with E-state index in [0.717, 1.165) is 16.5 Å². The van der Waals surface area contributed by atoms with E-state index in [2.05, 4.69) is 4.98 Å². The summed E-state index contributed by atoms with van der Waals surface area (Å²) in [4.78, 5) is 5.36. The maximum atomic E-state index is 15.6. The first-order valence-corrected chi connectivity index (χ1v) is 11.7. The van der Waals surface area contributed by atoms with Gasteiger partial charge in [0, 0.05) is 33.7 Å². The summed E-state index contributed by atoms with van der Waals surface area (Å²) in [5.74, 6) is -1.36. The number of halogens is 5. The van der Waals surface area contributed by atoms with Crippen LogP contribution in [0.15, 0.2) is 42.5 Å². The molecule has 2 bridgehead atoms. The van der Waals surface area contributed by atoms with Crippen molar-refractivity contribution in [2.75, 3.05) is 0 Å². The van der Waals surface area contributed by atoms with Crippen molar-refractivity contribution in [2.45, 2.75) is 63.3 Å². The molecule has 3 aliphatic carbocycles. The van der Waals surface area contributed by atoms with Crippen molar-refractivity contribution in [3.05, 3.63) is 76.5 Å². The summed E-state index contributed by atoms with van der Waals surface area (Å²) in [6, 6.07) is 9.32. The minimum Gasteiger partial charge on any atom is -0.357 e. The van der Waals surface area contributed by atoms with Crippen LogP contribution in [0.25, 0.3) is 17.0 Å². The van der Waals surface area contributed by atoms with Crippen LogP contribution in [0.2, 0.25) is 0 Å². The highest BCUT2D eigenvalue weighted by atomic mass is 19.4. The molecule has 1 aromatic heterocycles. The van der Waals surface area contributed by atoms with Crippen LogP contribution in [0, 0.1) is 17.0 Å². The van der Waals surface area contributed by atoms with Crippen LogP contribution in [-0.4, -0.2) is 27.6 Å². The third kappa shape index (κ3) is 2.76. The number of fused-ring (bicyclic) bond motifs is 3. The van der Waals surface area contributed by atoms with Crippen molar-refractivity contribution in [3.8, 4) is 0 Å². The maximum absolute atomic E-state index is 15.6. The summed E-state index contributed by atoms with van der Waals surface area (Å²) < 4.78 is 72.1. The number of allylic oxidation sites excluding steroid dienone is 1. The van der Waals surface area contributed by atoms with E-state index in [9.17, 15) is 13.2 Å². The van der Waals surface area contributed by atoms with E-state index >= 15 is 8.78 Å². The third-order valence-electron chi connectivity index (χ3n) is 8.26. The van der Waals surface area contributed by atoms with Crippen molar-refractivity contribution in [1.29, 1.82) is 0 Å². The predicted molar refractivity (Wildman–Crippen MR) is 121 cm³/mol. The van der Waals surface area contributed by atoms with E-state index in [1.807, 2.05) is 36.1 Å². The Bertz CT molecular complexity index is 1290. The van der Waals surface area contributed by atoms with Crippen LogP contribution in [0.4, 0.5) is 22.0 Å². The second kappa shape index (κ2) is 6.94. The summed E-state index contributed by atoms with van der Waals surface area (Å²) in [6.45, 7) is 3.73. The van der Waals surface area contributed by atoms with Gasteiger partial charge < -0.3 is 4.98 Å². The zero-order valence-corrected chi connectivity index (χ0v) is 18.9. The van der Waals surface area contributed by atoms with Crippen molar-refractivity contribution >= 4 is 17.0 Å². The van der Waals surface area contributed by atoms with Gasteiger partial charge in [0.2, 0.25) is 0 Å². The Morgan fingerprint density at radius 3 is 2.32 bits per heavy atom. The number of rotatable bonds is 3. The molecule has 0 spiro atoms. The lowest BCUT2D eigenvalue weighted by molar-refractivity contribution is -0.369. The van der Waals surface area contributed by atoms with Crippen molar-refractivity contribution in [3.63, 3.8) is 0 Å². The minimum atomic E-state index is -4.25. The molecule has 4 aliphatic rings. The average molecular weight is 473 g/mol. The lowest BCUT2D eigenvalue weighted by Gasteiger charge is -2.75. The number of hydrogen-bond acceptors (Lipinski definition) is 1. The number of benzene rings is 2. The minimum absolute atomic E-state index is 0.0141. The molecular formula is C27H25F5N2. The lowest BCUT2D eigenvalue weighted by atomic mass is 9.38. The fraction of sp³-hybridized carbons (Fsp3) is 0.407. The zero-order valence-electron chi connectivity index (χ0n) is 18.9. The van der Waals surface area contributed by atoms with E-state index in [1.54, 1.807) is 19.1 Å². The Labute approximate surface area is 194 Å². The molecule has 2 heterocycles. The van der Waals surface area contributed by atoms with E-state index < -0.39 is 34.8 Å². The highest BCUT2D eigenvalue weighted by molar-refractivity contribution is 5.85. The van der Waals surface area contributed by atoms with Gasteiger partial charge in [-0.3, -0.25) is 4.90 Å². The number of aromatic nitrogens is 1. The number of nitrogens with zero attached hydrogens (tertiary/aromatic N) is 1. The highest BCUT2D eigenvalue weighted by Gasteiger charge is 2.81. The maximum Gasteiger partial charge on any atom is 0.394 e. The molecule has 0 unspecified atom stereocenters. The summed E-state index contributed by atoms with van der Waals surface area (Å²) >= 11 is 0. The normalized spacial score (nSPS) is 30.9. The molecule has 178 valence electrons. The Morgan fingerprint density at radius 2 is 1.71 bits per heavy atom. The van der Waals surface area contributed by atoms with Crippen molar-refractivity contribution < 1.29 is 22.0 Å². The van der Waals surface area contributed by atoms with Gasteiger partial charge in [0.1, 0.15) is 11.6 Å². The first kappa shape index (κ1) is 21.8. The molecule has 3 saturated carbocycles. The zero-order chi connectivity index (χ0) is 24.0. The molecule has 34 heavy (non-hydrogen) atoms. The quantitative estimate of drug-likeness (QED) is 0.396. The molecule has 7 rings (SSSR count). The molecule has 0 saturated heterocycles. The van der Waals surface area contributed by atoms with E-state index in [1.165, 1.54) is 12.1 Å². The monoisotopic (exact) mass is 472 g/mol. The number of nitrogens with one attached hydrogen (secondary N) is 1. The van der Waals surface area contributed by atoms with Crippen LogP contribution >= 0.6 is 0 Å². The van der Waals surface area contributed by atoms with E-state index in [0.29, 0.717) is 17.7 Å². The molecule has 1 N–H and O–H groups in total. The molecule has 7 heteroatoms. The second-order valence-electron chi connectivity index (χ2n) is 10.4. The fourth-order valence-electron chi connectivity index (χ4n) is 6.95. The molecule has 2 nitrogen and oxygen atoms in total. The van der Waals surface area contributed by atoms with Gasteiger partial charge in [-0.25, -0.2) is 8.78 Å². The molecule has 2 aromatic carbocycles. The van der Waals surface area contributed by atoms with Gasteiger partial charge in [-0.05, 0) is 68.9 Å². The van der Waals surface area contributed by atoms with E-state index in [-0.39, 0.29) is 30.9 Å². The van der Waals surface area contributed by atoms with Gasteiger partial charge in [0.15, 0.2) is 0 Å². The first-order chi connectivity index (χ1) is 16.1. The third-order valence-corrected chi connectivity index (χ3v) is 8.26. The van der Waals surface area contributed by atoms with E-state index in [4.69, 9.17) is 0 Å². The van der Waals surface area contributed by atoms with Crippen LogP contribution in [0.5, 0.6) is 0 Å². The summed E-state index contributed by atoms with van der Waals surface area (Å²) in [5.41, 5.74) is 0.496. The topological polar surface area (TPSA) is 19.0 Å².